The molecule has 0 aliphatic heterocycles. The number of aromatic nitrogens is 2. The van der Waals surface area contributed by atoms with Crippen molar-refractivity contribution in [3.63, 3.8) is 0 Å². The first-order valence-electron chi connectivity index (χ1n) is 4.61. The standard InChI is InChI=1S/C10H9BrClN3S/c1-6-2-3-16-8(6)5-13-9-7(11)4-14-10(12)15-9/h2-4H,5H2,1H3,(H,13,14,15). The molecule has 2 aromatic rings. The molecule has 0 aromatic carbocycles. The summed E-state index contributed by atoms with van der Waals surface area (Å²) in [6.45, 7) is 2.84. The molecule has 16 heavy (non-hydrogen) atoms. The Bertz CT molecular complexity index is 501. The van der Waals surface area contributed by atoms with Gasteiger partial charge in [-0.3, -0.25) is 0 Å². The van der Waals surface area contributed by atoms with E-state index in [1.807, 2.05) is 0 Å². The van der Waals surface area contributed by atoms with Crippen molar-refractivity contribution in [2.24, 2.45) is 0 Å². The van der Waals surface area contributed by atoms with Crippen LogP contribution in [0.15, 0.2) is 22.1 Å². The molecule has 0 unspecified atom stereocenters. The molecule has 2 heterocycles. The van der Waals surface area contributed by atoms with E-state index in [0.29, 0.717) is 5.82 Å². The van der Waals surface area contributed by atoms with Gasteiger partial charge in [0.25, 0.3) is 0 Å². The highest BCUT2D eigenvalue weighted by Crippen LogP contribution is 2.22. The van der Waals surface area contributed by atoms with Crippen LogP contribution in [0, 0.1) is 6.92 Å². The highest BCUT2D eigenvalue weighted by molar-refractivity contribution is 9.10. The van der Waals surface area contributed by atoms with Crippen molar-refractivity contribution in [2.75, 3.05) is 5.32 Å². The Balaban J connectivity index is 2.10. The van der Waals surface area contributed by atoms with E-state index in [1.165, 1.54) is 10.4 Å². The molecule has 3 nitrogen and oxygen atoms in total. The Labute approximate surface area is 111 Å². The van der Waals surface area contributed by atoms with Crippen LogP contribution < -0.4 is 5.32 Å². The van der Waals surface area contributed by atoms with Gasteiger partial charge in [0.15, 0.2) is 0 Å². The number of nitrogens with one attached hydrogen (secondary N) is 1. The summed E-state index contributed by atoms with van der Waals surface area (Å²) >= 11 is 10.8. The van der Waals surface area contributed by atoms with Crippen molar-refractivity contribution < 1.29 is 0 Å². The molecule has 6 heteroatoms. The Morgan fingerprint density at radius 3 is 3.06 bits per heavy atom. The predicted octanol–water partition coefficient (Wildman–Crippen LogP) is 3.87. The van der Waals surface area contributed by atoms with Crippen LogP contribution in [0.2, 0.25) is 5.28 Å². The molecule has 0 bridgehead atoms. The molecule has 0 atom stereocenters. The molecule has 0 saturated heterocycles. The topological polar surface area (TPSA) is 37.8 Å². The molecule has 1 N–H and O–H groups in total. The Morgan fingerprint density at radius 1 is 1.56 bits per heavy atom. The fourth-order valence-corrected chi connectivity index (χ4v) is 2.53. The molecule has 84 valence electrons. The molecule has 0 radical (unpaired) electrons. The fraction of sp³-hybridized carbons (Fsp3) is 0.200. The molecule has 2 aromatic heterocycles. The molecule has 0 saturated carbocycles. The maximum absolute atomic E-state index is 5.73. The SMILES string of the molecule is Cc1ccsc1CNc1nc(Cl)ncc1Br. The molecule has 0 aliphatic rings. The van der Waals surface area contributed by atoms with Crippen molar-refractivity contribution in [3.8, 4) is 0 Å². The van der Waals surface area contributed by atoms with E-state index in [0.717, 1.165) is 11.0 Å². The van der Waals surface area contributed by atoms with Gasteiger partial charge in [0.1, 0.15) is 5.82 Å². The zero-order valence-corrected chi connectivity index (χ0v) is 11.7. The van der Waals surface area contributed by atoms with Crippen molar-refractivity contribution in [1.82, 2.24) is 9.97 Å². The molecular weight excluding hydrogens is 310 g/mol. The van der Waals surface area contributed by atoms with Gasteiger partial charge in [0.2, 0.25) is 5.28 Å². The number of hydrogen-bond donors (Lipinski definition) is 1. The third-order valence-electron chi connectivity index (χ3n) is 2.10. The van der Waals surface area contributed by atoms with E-state index < -0.39 is 0 Å². The van der Waals surface area contributed by atoms with Crippen LogP contribution in [0.4, 0.5) is 5.82 Å². The van der Waals surface area contributed by atoms with Gasteiger partial charge in [-0.25, -0.2) is 4.98 Å². The summed E-state index contributed by atoms with van der Waals surface area (Å²) in [6, 6.07) is 2.10. The molecule has 0 aliphatic carbocycles. The van der Waals surface area contributed by atoms with Crippen LogP contribution in [0.1, 0.15) is 10.4 Å². The first-order valence-corrected chi connectivity index (χ1v) is 6.67. The summed E-state index contributed by atoms with van der Waals surface area (Å²) < 4.78 is 0.811. The minimum Gasteiger partial charge on any atom is -0.364 e. The van der Waals surface area contributed by atoms with Gasteiger partial charge in [-0.2, -0.15) is 4.98 Å². The van der Waals surface area contributed by atoms with E-state index in [9.17, 15) is 0 Å². The molecular formula is C10H9BrClN3S. The number of anilines is 1. The highest BCUT2D eigenvalue weighted by atomic mass is 79.9. The summed E-state index contributed by atoms with van der Waals surface area (Å²) in [7, 11) is 0. The van der Waals surface area contributed by atoms with Crippen LogP contribution in [-0.2, 0) is 6.54 Å². The summed E-state index contributed by atoms with van der Waals surface area (Å²) in [5.41, 5.74) is 1.29. The lowest BCUT2D eigenvalue weighted by atomic mass is 10.3. The largest absolute Gasteiger partial charge is 0.364 e. The monoisotopic (exact) mass is 317 g/mol. The molecule has 0 fully saturated rings. The molecule has 2 rings (SSSR count). The third kappa shape index (κ3) is 2.72. The van der Waals surface area contributed by atoms with Gasteiger partial charge in [-0.15, -0.1) is 11.3 Å². The Kier molecular flexibility index (Phi) is 3.78. The van der Waals surface area contributed by atoms with Crippen molar-refractivity contribution >= 4 is 44.7 Å². The van der Waals surface area contributed by atoms with Crippen LogP contribution in [0.25, 0.3) is 0 Å². The lowest BCUT2D eigenvalue weighted by Crippen LogP contribution is -2.02. The third-order valence-corrected chi connectivity index (χ3v) is 3.88. The highest BCUT2D eigenvalue weighted by Gasteiger charge is 2.05. The average molecular weight is 319 g/mol. The van der Waals surface area contributed by atoms with E-state index in [1.54, 1.807) is 17.5 Å². The predicted molar refractivity (Wildman–Crippen MR) is 71.1 cm³/mol. The molecule has 0 spiro atoms. The summed E-state index contributed by atoms with van der Waals surface area (Å²) in [5.74, 6) is 0.716. The van der Waals surface area contributed by atoms with Crippen molar-refractivity contribution in [2.45, 2.75) is 13.5 Å². The van der Waals surface area contributed by atoms with Gasteiger partial charge >= 0.3 is 0 Å². The smallest absolute Gasteiger partial charge is 0.224 e. The fourth-order valence-electron chi connectivity index (χ4n) is 1.22. The average Bonchev–Trinajstić information content (AvgIpc) is 2.66. The van der Waals surface area contributed by atoms with Crippen LogP contribution in [-0.4, -0.2) is 9.97 Å². The normalized spacial score (nSPS) is 10.4. The van der Waals surface area contributed by atoms with Gasteiger partial charge in [0, 0.05) is 11.1 Å². The lowest BCUT2D eigenvalue weighted by Gasteiger charge is -2.06. The Hall–Kier alpha value is -0.650. The Morgan fingerprint density at radius 2 is 2.38 bits per heavy atom. The van der Waals surface area contributed by atoms with Crippen LogP contribution in [0.5, 0.6) is 0 Å². The van der Waals surface area contributed by atoms with Gasteiger partial charge in [-0.05, 0) is 51.5 Å². The number of thiophene rings is 1. The second-order valence-corrected chi connectivity index (χ2v) is 5.41. The first-order chi connectivity index (χ1) is 7.66. The van der Waals surface area contributed by atoms with Gasteiger partial charge in [-0.1, -0.05) is 0 Å². The summed E-state index contributed by atoms with van der Waals surface area (Å²) in [6.07, 6.45) is 1.64. The van der Waals surface area contributed by atoms with E-state index >= 15 is 0 Å². The molecule has 0 amide bonds. The van der Waals surface area contributed by atoms with Gasteiger partial charge < -0.3 is 5.32 Å². The van der Waals surface area contributed by atoms with Crippen LogP contribution >= 0.6 is 38.9 Å². The number of rotatable bonds is 3. The quantitative estimate of drug-likeness (QED) is 0.873. The summed E-state index contributed by atoms with van der Waals surface area (Å²) in [5, 5.41) is 5.55. The number of hydrogen-bond acceptors (Lipinski definition) is 4. The summed E-state index contributed by atoms with van der Waals surface area (Å²) in [4.78, 5) is 9.27. The number of halogens is 2. The lowest BCUT2D eigenvalue weighted by molar-refractivity contribution is 1.08. The first kappa shape index (κ1) is 11.8. The second-order valence-electron chi connectivity index (χ2n) is 3.22. The van der Waals surface area contributed by atoms with Gasteiger partial charge in [0.05, 0.1) is 11.0 Å². The minimum atomic E-state index is 0.244. The van der Waals surface area contributed by atoms with Crippen LogP contribution in [0.3, 0.4) is 0 Å². The maximum atomic E-state index is 5.73. The van der Waals surface area contributed by atoms with Crippen molar-refractivity contribution in [3.05, 3.63) is 37.8 Å². The zero-order chi connectivity index (χ0) is 11.5. The van der Waals surface area contributed by atoms with E-state index in [-0.39, 0.29) is 5.28 Å². The maximum Gasteiger partial charge on any atom is 0.224 e. The zero-order valence-electron chi connectivity index (χ0n) is 8.50. The number of nitrogens with zero attached hydrogens (tertiary/aromatic N) is 2. The minimum absolute atomic E-state index is 0.244. The van der Waals surface area contributed by atoms with E-state index in [4.69, 9.17) is 11.6 Å². The van der Waals surface area contributed by atoms with E-state index in [2.05, 4.69) is 49.6 Å². The second kappa shape index (κ2) is 5.12. The van der Waals surface area contributed by atoms with Crippen molar-refractivity contribution in [1.29, 1.82) is 0 Å². The number of aryl methyl sites for hydroxylation is 1.